The van der Waals surface area contributed by atoms with Crippen molar-refractivity contribution in [2.75, 3.05) is 6.54 Å². The zero-order chi connectivity index (χ0) is 14.4. The highest BCUT2D eigenvalue weighted by Gasteiger charge is 2.26. The van der Waals surface area contributed by atoms with Gasteiger partial charge in [-0.15, -0.1) is 11.3 Å². The van der Waals surface area contributed by atoms with Crippen molar-refractivity contribution in [3.8, 4) is 11.8 Å². The number of hydrogen-bond donors (Lipinski definition) is 2. The predicted octanol–water partition coefficient (Wildman–Crippen LogP) is 2.76. The molecule has 1 saturated carbocycles. The minimum Gasteiger partial charge on any atom is -0.348 e. The maximum absolute atomic E-state index is 12.4. The fourth-order valence-corrected chi connectivity index (χ4v) is 3.60. The maximum atomic E-state index is 12.4. The monoisotopic (exact) mass is 290 g/mol. The Balaban J connectivity index is 2.06. The molecule has 0 bridgehead atoms. The van der Waals surface area contributed by atoms with Crippen LogP contribution >= 0.6 is 11.3 Å². The van der Waals surface area contributed by atoms with Crippen LogP contribution in [0.3, 0.4) is 0 Å². The molecule has 1 heterocycles. The molecule has 3 nitrogen and oxygen atoms in total. The molecule has 1 aliphatic rings. The van der Waals surface area contributed by atoms with E-state index in [1.54, 1.807) is 0 Å². The van der Waals surface area contributed by atoms with Gasteiger partial charge < -0.3 is 11.1 Å². The topological polar surface area (TPSA) is 55.1 Å². The summed E-state index contributed by atoms with van der Waals surface area (Å²) < 4.78 is 0. The van der Waals surface area contributed by atoms with Crippen LogP contribution in [0.5, 0.6) is 0 Å². The van der Waals surface area contributed by atoms with E-state index in [9.17, 15) is 4.79 Å². The van der Waals surface area contributed by atoms with E-state index < -0.39 is 0 Å². The Labute approximate surface area is 124 Å². The van der Waals surface area contributed by atoms with Crippen molar-refractivity contribution in [2.45, 2.75) is 45.1 Å². The first-order valence-electron chi connectivity index (χ1n) is 7.33. The number of nitrogens with one attached hydrogen (secondary N) is 1. The molecule has 1 aliphatic carbocycles. The Morgan fingerprint density at radius 1 is 1.50 bits per heavy atom. The first kappa shape index (κ1) is 15.1. The van der Waals surface area contributed by atoms with Crippen LogP contribution in [0, 0.1) is 17.8 Å². The standard InChI is InChI=1S/C16H22N2OS/c1-2-12-6-3-4-8-14(12)18-16(19)15-13(7-5-10-17)9-11-20-15/h9,11-12,14H,2-4,6,8,10,17H2,1H3,(H,18,19). The normalized spacial score (nSPS) is 21.9. The molecular formula is C16H22N2OS. The lowest BCUT2D eigenvalue weighted by molar-refractivity contribution is 0.0908. The van der Waals surface area contributed by atoms with Crippen LogP contribution < -0.4 is 11.1 Å². The summed E-state index contributed by atoms with van der Waals surface area (Å²) in [4.78, 5) is 13.1. The highest BCUT2D eigenvalue weighted by molar-refractivity contribution is 7.12. The number of amides is 1. The second-order valence-corrected chi connectivity index (χ2v) is 6.12. The lowest BCUT2D eigenvalue weighted by atomic mass is 9.83. The van der Waals surface area contributed by atoms with Crippen LogP contribution in [0.4, 0.5) is 0 Å². The van der Waals surface area contributed by atoms with Crippen molar-refractivity contribution in [3.05, 3.63) is 21.9 Å². The molecule has 0 saturated heterocycles. The Bertz CT molecular complexity index is 512. The average Bonchev–Trinajstić information content (AvgIpc) is 2.94. The van der Waals surface area contributed by atoms with Crippen molar-refractivity contribution in [2.24, 2.45) is 11.7 Å². The van der Waals surface area contributed by atoms with Gasteiger partial charge in [-0.3, -0.25) is 4.79 Å². The smallest absolute Gasteiger partial charge is 0.262 e. The third-order valence-corrected chi connectivity index (χ3v) is 4.86. The fraction of sp³-hybridized carbons (Fsp3) is 0.562. The Kier molecular flexibility index (Phi) is 5.63. The van der Waals surface area contributed by atoms with Crippen LogP contribution in [-0.2, 0) is 0 Å². The lowest BCUT2D eigenvalue weighted by Crippen LogP contribution is -2.41. The number of carbonyl (C=O) groups excluding carboxylic acids is 1. The predicted molar refractivity (Wildman–Crippen MR) is 83.8 cm³/mol. The molecule has 1 amide bonds. The number of hydrogen-bond acceptors (Lipinski definition) is 3. The summed E-state index contributed by atoms with van der Waals surface area (Å²) in [5.74, 6) is 6.42. The van der Waals surface area contributed by atoms with Crippen molar-refractivity contribution in [3.63, 3.8) is 0 Å². The third-order valence-electron chi connectivity index (χ3n) is 3.95. The van der Waals surface area contributed by atoms with E-state index >= 15 is 0 Å². The third kappa shape index (κ3) is 3.62. The van der Waals surface area contributed by atoms with Gasteiger partial charge in [-0.25, -0.2) is 0 Å². The summed E-state index contributed by atoms with van der Waals surface area (Å²) in [7, 11) is 0. The first-order valence-corrected chi connectivity index (χ1v) is 8.21. The number of rotatable bonds is 3. The van der Waals surface area contributed by atoms with Crippen LogP contribution in [0.25, 0.3) is 0 Å². The summed E-state index contributed by atoms with van der Waals surface area (Å²) in [5.41, 5.74) is 6.18. The van der Waals surface area contributed by atoms with Gasteiger partial charge in [0.2, 0.25) is 0 Å². The van der Waals surface area contributed by atoms with E-state index in [0.29, 0.717) is 23.4 Å². The SMILES string of the molecule is CCC1CCCCC1NC(=O)c1sccc1C#CCN. The molecule has 2 atom stereocenters. The van der Waals surface area contributed by atoms with Gasteiger partial charge in [0.25, 0.3) is 5.91 Å². The lowest BCUT2D eigenvalue weighted by Gasteiger charge is -2.31. The van der Waals surface area contributed by atoms with Gasteiger partial charge in [-0.05, 0) is 30.2 Å². The molecule has 108 valence electrons. The second kappa shape index (κ2) is 7.47. The molecule has 1 fully saturated rings. The molecule has 0 radical (unpaired) electrons. The summed E-state index contributed by atoms with van der Waals surface area (Å²) in [6.45, 7) is 2.52. The van der Waals surface area contributed by atoms with Crippen LogP contribution in [0.1, 0.15) is 54.3 Å². The Morgan fingerprint density at radius 3 is 3.05 bits per heavy atom. The van der Waals surface area contributed by atoms with E-state index in [1.165, 1.54) is 30.6 Å². The maximum Gasteiger partial charge on any atom is 0.262 e. The molecule has 2 rings (SSSR count). The van der Waals surface area contributed by atoms with Gasteiger partial charge in [0.1, 0.15) is 4.88 Å². The molecule has 2 unspecified atom stereocenters. The molecular weight excluding hydrogens is 268 g/mol. The number of thiophene rings is 1. The number of carbonyl (C=O) groups is 1. The van der Waals surface area contributed by atoms with E-state index in [2.05, 4.69) is 24.1 Å². The van der Waals surface area contributed by atoms with Crippen LogP contribution in [-0.4, -0.2) is 18.5 Å². The van der Waals surface area contributed by atoms with Gasteiger partial charge in [-0.2, -0.15) is 0 Å². The van der Waals surface area contributed by atoms with Crippen molar-refractivity contribution >= 4 is 17.2 Å². The second-order valence-electron chi connectivity index (χ2n) is 5.20. The van der Waals surface area contributed by atoms with Crippen LogP contribution in [0.2, 0.25) is 0 Å². The van der Waals surface area contributed by atoms with Crippen molar-refractivity contribution in [1.29, 1.82) is 0 Å². The summed E-state index contributed by atoms with van der Waals surface area (Å²) >= 11 is 1.45. The largest absolute Gasteiger partial charge is 0.348 e. The average molecular weight is 290 g/mol. The van der Waals surface area contributed by atoms with E-state index in [-0.39, 0.29) is 5.91 Å². The molecule has 1 aromatic rings. The zero-order valence-corrected chi connectivity index (χ0v) is 12.8. The minimum atomic E-state index is 0.0201. The van der Waals surface area contributed by atoms with E-state index in [4.69, 9.17) is 5.73 Å². The van der Waals surface area contributed by atoms with Gasteiger partial charge in [0.05, 0.1) is 6.54 Å². The molecule has 0 aliphatic heterocycles. The van der Waals surface area contributed by atoms with Crippen LogP contribution in [0.15, 0.2) is 11.4 Å². The molecule has 20 heavy (non-hydrogen) atoms. The molecule has 0 spiro atoms. The molecule has 1 aromatic heterocycles. The van der Waals surface area contributed by atoms with E-state index in [0.717, 1.165) is 18.4 Å². The van der Waals surface area contributed by atoms with Crippen molar-refractivity contribution in [1.82, 2.24) is 5.32 Å². The van der Waals surface area contributed by atoms with E-state index in [1.807, 2.05) is 11.4 Å². The quantitative estimate of drug-likeness (QED) is 0.841. The van der Waals surface area contributed by atoms with Crippen molar-refractivity contribution < 1.29 is 4.79 Å². The zero-order valence-electron chi connectivity index (χ0n) is 11.9. The molecule has 4 heteroatoms. The molecule has 0 aromatic carbocycles. The van der Waals surface area contributed by atoms with Gasteiger partial charge in [-0.1, -0.05) is 38.0 Å². The summed E-state index contributed by atoms with van der Waals surface area (Å²) in [6.07, 6.45) is 5.96. The van der Waals surface area contributed by atoms with Gasteiger partial charge in [0, 0.05) is 11.6 Å². The Hall–Kier alpha value is -1.31. The summed E-state index contributed by atoms with van der Waals surface area (Å²) in [6, 6.07) is 2.21. The van der Waals surface area contributed by atoms with Gasteiger partial charge in [0.15, 0.2) is 0 Å². The Morgan fingerprint density at radius 2 is 2.30 bits per heavy atom. The first-order chi connectivity index (χ1) is 9.76. The molecule has 3 N–H and O–H groups in total. The highest BCUT2D eigenvalue weighted by atomic mass is 32.1. The number of nitrogens with two attached hydrogens (primary N) is 1. The van der Waals surface area contributed by atoms with Gasteiger partial charge >= 0.3 is 0 Å². The fourth-order valence-electron chi connectivity index (χ4n) is 2.85. The highest BCUT2D eigenvalue weighted by Crippen LogP contribution is 2.27. The summed E-state index contributed by atoms with van der Waals surface area (Å²) in [5, 5.41) is 5.12. The minimum absolute atomic E-state index is 0.0201.